The van der Waals surface area contributed by atoms with E-state index in [9.17, 15) is 4.79 Å². The van der Waals surface area contributed by atoms with Gasteiger partial charge in [-0.25, -0.2) is 0 Å². The van der Waals surface area contributed by atoms with E-state index in [0.717, 1.165) is 25.9 Å². The molecule has 0 radical (unpaired) electrons. The predicted octanol–water partition coefficient (Wildman–Crippen LogP) is 1.68. The standard InChI is InChI=1S/C13H24N2O/c1-10-8-14-9-11(10)12(16)15-13(2)6-4-3-5-7-13/h10-11,14H,3-9H2,1-2H3,(H,15,16). The summed E-state index contributed by atoms with van der Waals surface area (Å²) in [5.41, 5.74) is 0.0671. The molecule has 3 nitrogen and oxygen atoms in total. The van der Waals surface area contributed by atoms with E-state index in [0.29, 0.717) is 5.92 Å². The van der Waals surface area contributed by atoms with Gasteiger partial charge in [-0.3, -0.25) is 4.79 Å². The maximum atomic E-state index is 12.2. The van der Waals surface area contributed by atoms with Crippen LogP contribution in [0.1, 0.15) is 46.0 Å². The molecule has 0 aromatic carbocycles. The molecule has 2 rings (SSSR count). The highest BCUT2D eigenvalue weighted by atomic mass is 16.2. The summed E-state index contributed by atoms with van der Waals surface area (Å²) in [7, 11) is 0. The first-order chi connectivity index (χ1) is 7.61. The lowest BCUT2D eigenvalue weighted by Gasteiger charge is -2.35. The fourth-order valence-corrected chi connectivity index (χ4v) is 3.01. The van der Waals surface area contributed by atoms with Gasteiger partial charge in [0, 0.05) is 12.1 Å². The second-order valence-electron chi connectivity index (χ2n) is 5.85. The molecule has 2 atom stereocenters. The van der Waals surface area contributed by atoms with Crippen molar-refractivity contribution in [3.8, 4) is 0 Å². The van der Waals surface area contributed by atoms with Crippen molar-refractivity contribution in [1.82, 2.24) is 10.6 Å². The summed E-state index contributed by atoms with van der Waals surface area (Å²) in [4.78, 5) is 12.2. The molecule has 1 saturated heterocycles. The van der Waals surface area contributed by atoms with Crippen LogP contribution in [0, 0.1) is 11.8 Å². The van der Waals surface area contributed by atoms with E-state index in [1.807, 2.05) is 0 Å². The van der Waals surface area contributed by atoms with Crippen LogP contribution in [0.5, 0.6) is 0 Å². The molecule has 0 spiro atoms. The highest BCUT2D eigenvalue weighted by Gasteiger charge is 2.34. The third kappa shape index (κ3) is 2.57. The Kier molecular flexibility index (Phi) is 3.53. The van der Waals surface area contributed by atoms with Crippen LogP contribution in [0.3, 0.4) is 0 Å². The van der Waals surface area contributed by atoms with Crippen molar-refractivity contribution in [3.05, 3.63) is 0 Å². The van der Waals surface area contributed by atoms with Crippen LogP contribution < -0.4 is 10.6 Å². The highest BCUT2D eigenvalue weighted by molar-refractivity contribution is 5.80. The second-order valence-corrected chi connectivity index (χ2v) is 5.85. The van der Waals surface area contributed by atoms with Crippen LogP contribution in [-0.4, -0.2) is 24.5 Å². The van der Waals surface area contributed by atoms with E-state index in [2.05, 4.69) is 24.5 Å². The fraction of sp³-hybridized carbons (Fsp3) is 0.923. The Bertz CT molecular complexity index is 259. The molecule has 2 unspecified atom stereocenters. The molecule has 16 heavy (non-hydrogen) atoms. The topological polar surface area (TPSA) is 41.1 Å². The average Bonchev–Trinajstić information content (AvgIpc) is 2.65. The zero-order valence-electron chi connectivity index (χ0n) is 10.5. The van der Waals surface area contributed by atoms with Gasteiger partial charge in [0.1, 0.15) is 0 Å². The number of amides is 1. The lowest BCUT2D eigenvalue weighted by atomic mass is 9.82. The molecule has 2 fully saturated rings. The van der Waals surface area contributed by atoms with Crippen molar-refractivity contribution in [2.24, 2.45) is 11.8 Å². The third-order valence-corrected chi connectivity index (χ3v) is 4.24. The van der Waals surface area contributed by atoms with E-state index in [1.54, 1.807) is 0 Å². The van der Waals surface area contributed by atoms with Gasteiger partial charge in [0.25, 0.3) is 0 Å². The van der Waals surface area contributed by atoms with Gasteiger partial charge >= 0.3 is 0 Å². The Morgan fingerprint density at radius 1 is 1.25 bits per heavy atom. The SMILES string of the molecule is CC1CNCC1C(=O)NC1(C)CCCCC1. The smallest absolute Gasteiger partial charge is 0.225 e. The summed E-state index contributed by atoms with van der Waals surface area (Å²) < 4.78 is 0. The van der Waals surface area contributed by atoms with Crippen molar-refractivity contribution in [3.63, 3.8) is 0 Å². The highest BCUT2D eigenvalue weighted by Crippen LogP contribution is 2.28. The molecule has 92 valence electrons. The van der Waals surface area contributed by atoms with Crippen molar-refractivity contribution >= 4 is 5.91 Å². The van der Waals surface area contributed by atoms with E-state index in [4.69, 9.17) is 0 Å². The number of hydrogen-bond donors (Lipinski definition) is 2. The van der Waals surface area contributed by atoms with Crippen molar-refractivity contribution < 1.29 is 4.79 Å². The van der Waals surface area contributed by atoms with Gasteiger partial charge in [-0.15, -0.1) is 0 Å². The molecule has 0 aromatic heterocycles. The monoisotopic (exact) mass is 224 g/mol. The number of carbonyl (C=O) groups excluding carboxylic acids is 1. The van der Waals surface area contributed by atoms with Gasteiger partial charge in [0.2, 0.25) is 5.91 Å². The number of nitrogens with one attached hydrogen (secondary N) is 2. The van der Waals surface area contributed by atoms with Gasteiger partial charge in [0.05, 0.1) is 5.92 Å². The molecule has 1 aliphatic carbocycles. The minimum Gasteiger partial charge on any atom is -0.351 e. The Labute approximate surface area is 98.4 Å². The zero-order chi connectivity index (χ0) is 11.6. The van der Waals surface area contributed by atoms with Gasteiger partial charge in [0.15, 0.2) is 0 Å². The molecule has 2 N–H and O–H groups in total. The summed E-state index contributed by atoms with van der Waals surface area (Å²) in [5.74, 6) is 0.924. The zero-order valence-corrected chi connectivity index (χ0v) is 10.5. The lowest BCUT2D eigenvalue weighted by molar-refractivity contribution is -0.127. The lowest BCUT2D eigenvalue weighted by Crippen LogP contribution is -2.50. The van der Waals surface area contributed by atoms with Gasteiger partial charge in [-0.05, 0) is 32.2 Å². The molecule has 2 aliphatic rings. The molecular weight excluding hydrogens is 200 g/mol. The van der Waals surface area contributed by atoms with Crippen LogP contribution in [0.15, 0.2) is 0 Å². The summed E-state index contributed by atoms with van der Waals surface area (Å²) in [5, 5.41) is 6.58. The third-order valence-electron chi connectivity index (χ3n) is 4.24. The van der Waals surface area contributed by atoms with Gasteiger partial charge in [-0.1, -0.05) is 26.2 Å². The van der Waals surface area contributed by atoms with Gasteiger partial charge in [-0.2, -0.15) is 0 Å². The molecular formula is C13H24N2O. The number of carbonyl (C=O) groups is 1. The van der Waals surface area contributed by atoms with E-state index >= 15 is 0 Å². The Balaban J connectivity index is 1.90. The largest absolute Gasteiger partial charge is 0.351 e. The molecule has 1 heterocycles. The summed E-state index contributed by atoms with van der Waals surface area (Å²) >= 11 is 0. The van der Waals surface area contributed by atoms with Crippen molar-refractivity contribution in [2.75, 3.05) is 13.1 Å². The van der Waals surface area contributed by atoms with Crippen LogP contribution in [-0.2, 0) is 4.79 Å². The van der Waals surface area contributed by atoms with Crippen LogP contribution >= 0.6 is 0 Å². The molecule has 3 heteroatoms. The quantitative estimate of drug-likeness (QED) is 0.749. The van der Waals surface area contributed by atoms with Crippen molar-refractivity contribution in [2.45, 2.75) is 51.5 Å². The molecule has 1 aliphatic heterocycles. The summed E-state index contributed by atoms with van der Waals surface area (Å²) in [6, 6.07) is 0. The first-order valence-electron chi connectivity index (χ1n) is 6.63. The molecule has 0 aromatic rings. The van der Waals surface area contributed by atoms with E-state index < -0.39 is 0 Å². The first-order valence-corrected chi connectivity index (χ1v) is 6.63. The Morgan fingerprint density at radius 2 is 1.94 bits per heavy atom. The normalized spacial score (nSPS) is 33.6. The Morgan fingerprint density at radius 3 is 2.50 bits per heavy atom. The Hall–Kier alpha value is -0.570. The first kappa shape index (κ1) is 11.9. The molecule has 0 bridgehead atoms. The maximum absolute atomic E-state index is 12.2. The second kappa shape index (κ2) is 4.74. The molecule has 1 saturated carbocycles. The summed E-state index contributed by atoms with van der Waals surface area (Å²) in [6.45, 7) is 6.20. The van der Waals surface area contributed by atoms with E-state index in [1.165, 1.54) is 19.3 Å². The minimum atomic E-state index is 0.0671. The maximum Gasteiger partial charge on any atom is 0.225 e. The summed E-state index contributed by atoms with van der Waals surface area (Å²) in [6.07, 6.45) is 6.14. The molecule has 1 amide bonds. The minimum absolute atomic E-state index is 0.0671. The van der Waals surface area contributed by atoms with Gasteiger partial charge < -0.3 is 10.6 Å². The number of rotatable bonds is 2. The fourth-order valence-electron chi connectivity index (χ4n) is 3.01. The van der Waals surface area contributed by atoms with Crippen LogP contribution in [0.2, 0.25) is 0 Å². The average molecular weight is 224 g/mol. The van der Waals surface area contributed by atoms with Crippen molar-refractivity contribution in [1.29, 1.82) is 0 Å². The van der Waals surface area contributed by atoms with E-state index in [-0.39, 0.29) is 17.4 Å². The van der Waals surface area contributed by atoms with Crippen LogP contribution in [0.4, 0.5) is 0 Å². The predicted molar refractivity (Wildman–Crippen MR) is 65.2 cm³/mol. The van der Waals surface area contributed by atoms with Crippen LogP contribution in [0.25, 0.3) is 0 Å². The number of hydrogen-bond acceptors (Lipinski definition) is 2.